The van der Waals surface area contributed by atoms with E-state index in [9.17, 15) is 0 Å². The predicted molar refractivity (Wildman–Crippen MR) is 148 cm³/mol. The largest absolute Gasteiger partial charge is 0.497 e. The molecule has 0 atom stereocenters. The van der Waals surface area contributed by atoms with Gasteiger partial charge in [-0.3, -0.25) is 4.98 Å². The Balaban J connectivity index is 1.58. The number of methoxy groups -OCH3 is 1. The van der Waals surface area contributed by atoms with Gasteiger partial charge in [0.15, 0.2) is 0 Å². The van der Waals surface area contributed by atoms with E-state index in [1.807, 2.05) is 35.1 Å². The van der Waals surface area contributed by atoms with Crippen molar-refractivity contribution in [2.75, 3.05) is 38.2 Å². The first kappa shape index (κ1) is 22.8. The van der Waals surface area contributed by atoms with Crippen LogP contribution in [0.4, 0.5) is 5.69 Å². The number of halogens is 1. The zero-order valence-corrected chi connectivity index (χ0v) is 21.4. The number of benzene rings is 3. The third kappa shape index (κ3) is 3.87. The van der Waals surface area contributed by atoms with Gasteiger partial charge in [0, 0.05) is 48.7 Å². The molecule has 5 aromatic rings. The summed E-state index contributed by atoms with van der Waals surface area (Å²) in [5.74, 6) is 0.787. The number of aromatic nitrogens is 3. The van der Waals surface area contributed by atoms with Gasteiger partial charge < -0.3 is 15.0 Å². The van der Waals surface area contributed by atoms with E-state index in [1.54, 1.807) is 7.11 Å². The van der Waals surface area contributed by atoms with Gasteiger partial charge in [-0.1, -0.05) is 23.7 Å². The number of pyridine rings is 1. The lowest BCUT2D eigenvalue weighted by atomic mass is 10.1. The molecule has 7 heteroatoms. The molecule has 1 aliphatic heterocycles. The lowest BCUT2D eigenvalue weighted by Crippen LogP contribution is -2.43. The number of nitrogens with one attached hydrogen (secondary N) is 1. The number of hydrogen-bond acceptors (Lipinski definition) is 5. The van der Waals surface area contributed by atoms with Crippen LogP contribution in [0.5, 0.6) is 5.75 Å². The van der Waals surface area contributed by atoms with Crippen LogP contribution in [0.1, 0.15) is 11.1 Å². The highest BCUT2D eigenvalue weighted by Crippen LogP contribution is 2.38. The van der Waals surface area contributed by atoms with Crippen LogP contribution in [-0.4, -0.2) is 48.1 Å². The molecule has 0 radical (unpaired) electrons. The highest BCUT2D eigenvalue weighted by molar-refractivity contribution is 6.33. The summed E-state index contributed by atoms with van der Waals surface area (Å²) in [6, 6.07) is 18.7. The summed E-state index contributed by atoms with van der Waals surface area (Å²) in [6.07, 6.45) is 1.92. The van der Waals surface area contributed by atoms with E-state index in [0.29, 0.717) is 0 Å². The zero-order chi connectivity index (χ0) is 24.8. The molecule has 2 aromatic heterocycles. The standard InChI is InChI=1S/C29H28ClN5O/c1-18-4-6-21(14-19(18)2)35-29-23-16-22(36-3)7-8-26(23)32-17-24(29)28(33-35)20-5-9-27(25(30)15-20)34-12-10-31-11-13-34/h4-9,14-17,31H,10-13H2,1-3H3. The van der Waals surface area contributed by atoms with Gasteiger partial charge >= 0.3 is 0 Å². The predicted octanol–water partition coefficient (Wildman–Crippen LogP) is 5.93. The van der Waals surface area contributed by atoms with Gasteiger partial charge in [-0.2, -0.15) is 5.10 Å². The first-order chi connectivity index (χ1) is 17.5. The van der Waals surface area contributed by atoms with Crippen molar-refractivity contribution < 1.29 is 4.74 Å². The Labute approximate surface area is 215 Å². The van der Waals surface area contributed by atoms with Crippen molar-refractivity contribution in [2.45, 2.75) is 13.8 Å². The number of hydrogen-bond donors (Lipinski definition) is 1. The van der Waals surface area contributed by atoms with Gasteiger partial charge in [0.2, 0.25) is 0 Å². The molecule has 0 unspecified atom stereocenters. The summed E-state index contributed by atoms with van der Waals surface area (Å²) >= 11 is 6.83. The van der Waals surface area contributed by atoms with Crippen LogP contribution in [0.3, 0.4) is 0 Å². The molecule has 0 bridgehead atoms. The van der Waals surface area contributed by atoms with Gasteiger partial charge in [0.25, 0.3) is 0 Å². The molecule has 182 valence electrons. The Bertz CT molecular complexity index is 1600. The zero-order valence-electron chi connectivity index (χ0n) is 20.7. The summed E-state index contributed by atoms with van der Waals surface area (Å²) in [4.78, 5) is 7.10. The van der Waals surface area contributed by atoms with Crippen molar-refractivity contribution in [2.24, 2.45) is 0 Å². The van der Waals surface area contributed by atoms with Crippen LogP contribution < -0.4 is 15.0 Å². The number of ether oxygens (including phenoxy) is 1. The molecule has 6 nitrogen and oxygen atoms in total. The second kappa shape index (κ2) is 9.12. The highest BCUT2D eigenvalue weighted by atomic mass is 35.5. The molecule has 3 aromatic carbocycles. The Kier molecular flexibility index (Phi) is 5.78. The Morgan fingerprint density at radius 2 is 1.75 bits per heavy atom. The average Bonchev–Trinajstić information content (AvgIpc) is 3.30. The molecule has 0 saturated carbocycles. The Morgan fingerprint density at radius 3 is 2.50 bits per heavy atom. The molecule has 36 heavy (non-hydrogen) atoms. The fourth-order valence-corrected chi connectivity index (χ4v) is 5.26. The van der Waals surface area contributed by atoms with Crippen LogP contribution in [0.2, 0.25) is 5.02 Å². The average molecular weight is 498 g/mol. The fourth-order valence-electron chi connectivity index (χ4n) is 4.96. The second-order valence-corrected chi connectivity index (χ2v) is 9.74. The maximum absolute atomic E-state index is 6.83. The lowest BCUT2D eigenvalue weighted by Gasteiger charge is -2.30. The maximum atomic E-state index is 6.83. The number of rotatable bonds is 4. The molecule has 6 rings (SSSR count). The monoisotopic (exact) mass is 497 g/mol. The van der Waals surface area contributed by atoms with Crippen molar-refractivity contribution in [3.8, 4) is 22.7 Å². The molecule has 0 spiro atoms. The Morgan fingerprint density at radius 1 is 0.917 bits per heavy atom. The third-order valence-electron chi connectivity index (χ3n) is 7.13. The molecule has 0 aliphatic carbocycles. The molecule has 0 amide bonds. The van der Waals surface area contributed by atoms with E-state index in [1.165, 1.54) is 11.1 Å². The third-order valence-corrected chi connectivity index (χ3v) is 7.43. The number of nitrogens with zero attached hydrogens (tertiary/aromatic N) is 4. The lowest BCUT2D eigenvalue weighted by molar-refractivity contribution is 0.415. The van der Waals surface area contributed by atoms with Crippen LogP contribution in [-0.2, 0) is 0 Å². The van der Waals surface area contributed by atoms with Crippen molar-refractivity contribution in [3.63, 3.8) is 0 Å². The fraction of sp³-hybridized carbons (Fsp3) is 0.241. The molecule has 3 heterocycles. The van der Waals surface area contributed by atoms with Crippen LogP contribution >= 0.6 is 11.6 Å². The van der Waals surface area contributed by atoms with E-state index >= 15 is 0 Å². The van der Waals surface area contributed by atoms with E-state index < -0.39 is 0 Å². The van der Waals surface area contributed by atoms with Gasteiger partial charge in [0.05, 0.1) is 34.5 Å². The summed E-state index contributed by atoms with van der Waals surface area (Å²) in [5.41, 5.74) is 8.26. The molecule has 1 N–H and O–H groups in total. The Hall–Kier alpha value is -3.61. The van der Waals surface area contributed by atoms with Crippen LogP contribution in [0, 0.1) is 13.8 Å². The summed E-state index contributed by atoms with van der Waals surface area (Å²) in [7, 11) is 1.68. The van der Waals surface area contributed by atoms with Crippen molar-refractivity contribution in [3.05, 3.63) is 76.9 Å². The minimum atomic E-state index is 0.735. The molecular weight excluding hydrogens is 470 g/mol. The minimum Gasteiger partial charge on any atom is -0.497 e. The van der Waals surface area contributed by atoms with Gasteiger partial charge in [-0.15, -0.1) is 0 Å². The second-order valence-electron chi connectivity index (χ2n) is 9.34. The number of aryl methyl sites for hydroxylation is 2. The normalized spacial score (nSPS) is 14.1. The molecule has 1 aliphatic rings. The van der Waals surface area contributed by atoms with Crippen molar-refractivity contribution >= 4 is 39.1 Å². The topological polar surface area (TPSA) is 55.2 Å². The van der Waals surface area contributed by atoms with Gasteiger partial charge in [0.1, 0.15) is 11.4 Å². The molecular formula is C29H28ClN5O. The number of fused-ring (bicyclic) bond motifs is 3. The van der Waals surface area contributed by atoms with Crippen LogP contribution in [0.25, 0.3) is 38.8 Å². The summed E-state index contributed by atoms with van der Waals surface area (Å²) in [5, 5.41) is 11.2. The van der Waals surface area contributed by atoms with Gasteiger partial charge in [-0.25, -0.2) is 4.68 Å². The van der Waals surface area contributed by atoms with E-state index in [0.717, 1.165) is 81.4 Å². The minimum absolute atomic E-state index is 0.735. The van der Waals surface area contributed by atoms with E-state index in [-0.39, 0.29) is 0 Å². The first-order valence-corrected chi connectivity index (χ1v) is 12.6. The number of anilines is 1. The maximum Gasteiger partial charge on any atom is 0.119 e. The van der Waals surface area contributed by atoms with Crippen LogP contribution in [0.15, 0.2) is 60.8 Å². The van der Waals surface area contributed by atoms with E-state index in [2.05, 4.69) is 54.4 Å². The summed E-state index contributed by atoms with van der Waals surface area (Å²) < 4.78 is 7.57. The smallest absolute Gasteiger partial charge is 0.119 e. The first-order valence-electron chi connectivity index (χ1n) is 12.2. The van der Waals surface area contributed by atoms with Crippen molar-refractivity contribution in [1.82, 2.24) is 20.1 Å². The van der Waals surface area contributed by atoms with E-state index in [4.69, 9.17) is 26.4 Å². The number of piperazine rings is 1. The quantitative estimate of drug-likeness (QED) is 0.333. The summed E-state index contributed by atoms with van der Waals surface area (Å²) in [6.45, 7) is 8.07. The van der Waals surface area contributed by atoms with Gasteiger partial charge in [-0.05, 0) is 67.4 Å². The molecule has 1 saturated heterocycles. The highest BCUT2D eigenvalue weighted by Gasteiger charge is 2.20. The molecule has 1 fully saturated rings. The van der Waals surface area contributed by atoms with Crippen molar-refractivity contribution in [1.29, 1.82) is 0 Å². The SMILES string of the molecule is COc1ccc2ncc3c(-c4ccc(N5CCNCC5)c(Cl)c4)nn(-c4ccc(C)c(C)c4)c3c2c1.